The molecule has 0 bridgehead atoms. The summed E-state index contributed by atoms with van der Waals surface area (Å²) in [5.74, 6) is 0.556. The van der Waals surface area contributed by atoms with Crippen molar-refractivity contribution in [3.05, 3.63) is 113 Å². The van der Waals surface area contributed by atoms with Gasteiger partial charge in [0.05, 0.1) is 0 Å². The van der Waals surface area contributed by atoms with Crippen LogP contribution in [0, 0.1) is 31.1 Å². The molecule has 3 aliphatic rings. The molecule has 1 unspecified atom stereocenters. The molecule has 30 heavy (non-hydrogen) atoms. The van der Waals surface area contributed by atoms with Crippen molar-refractivity contribution in [2.45, 2.75) is 54.4 Å². The molecule has 0 N–H and O–H groups in total. The fraction of sp³-hybridized carbons (Fsp3) is 0.321. The normalized spacial score (nSPS) is 17.6. The van der Waals surface area contributed by atoms with Crippen LogP contribution in [0.1, 0.15) is 59.9 Å². The van der Waals surface area contributed by atoms with E-state index < -0.39 is 0 Å². The van der Waals surface area contributed by atoms with E-state index in [1.807, 2.05) is 36.4 Å². The standard InChI is InChI=1S/3C7H9.C7H7.Si.Zr/c3*1-6-3-4-7(2)5-6;1-7-5-3-2-4-6-7;;/h2*5H,3H2,1-2H3;3,5,7H,1-2H3;2-6H,1H2;;/q4*-1;;. The molecule has 2 heteroatoms. The summed E-state index contributed by atoms with van der Waals surface area (Å²) in [6.45, 7) is 19.4. The quantitative estimate of drug-likeness (QED) is 0.260. The molecule has 0 saturated carbocycles. The molecule has 0 aliphatic heterocycles. The Hall–Kier alpha value is -1.37. The van der Waals surface area contributed by atoms with E-state index in [0.717, 1.165) is 18.4 Å². The van der Waals surface area contributed by atoms with E-state index in [2.05, 4.69) is 91.8 Å². The predicted molar refractivity (Wildman–Crippen MR) is 129 cm³/mol. The van der Waals surface area contributed by atoms with Crippen molar-refractivity contribution >= 4 is 6.88 Å². The molecule has 3 aliphatic carbocycles. The van der Waals surface area contributed by atoms with Crippen LogP contribution < -0.4 is 0 Å². The van der Waals surface area contributed by atoms with Gasteiger partial charge in [0.15, 0.2) is 0 Å². The first-order valence-electron chi connectivity index (χ1n) is 10.1. The van der Waals surface area contributed by atoms with Gasteiger partial charge in [0.25, 0.3) is 0 Å². The van der Waals surface area contributed by atoms with Gasteiger partial charge in [0.2, 0.25) is 0 Å². The fourth-order valence-corrected chi connectivity index (χ4v) is 2.73. The van der Waals surface area contributed by atoms with Crippen LogP contribution in [-0.2, 0) is 23.3 Å². The summed E-state index contributed by atoms with van der Waals surface area (Å²) in [7, 11) is 0. The molecular formula is C28H34SiZr-4. The maximum absolute atomic E-state index is 3.72. The Bertz CT molecular complexity index is 770. The Labute approximate surface area is 202 Å². The van der Waals surface area contributed by atoms with Crippen molar-refractivity contribution in [1.82, 2.24) is 0 Å². The summed E-state index contributed by atoms with van der Waals surface area (Å²) < 4.78 is 0. The van der Waals surface area contributed by atoms with Gasteiger partial charge in [-0.15, -0.1) is 31.9 Å². The van der Waals surface area contributed by atoms with E-state index in [1.54, 1.807) is 0 Å². The average Bonchev–Trinajstić information content (AvgIpc) is 3.41. The minimum absolute atomic E-state index is 0.556. The van der Waals surface area contributed by atoms with Gasteiger partial charge in [-0.3, -0.25) is 18.2 Å². The van der Waals surface area contributed by atoms with Crippen LogP contribution >= 0.6 is 0 Å². The molecule has 0 fully saturated rings. The van der Waals surface area contributed by atoms with Crippen LogP contribution in [0.25, 0.3) is 0 Å². The Balaban J connectivity index is 0.000000363. The number of hydrogen-bond acceptors (Lipinski definition) is 0. The maximum atomic E-state index is 3.72. The molecule has 1 aromatic carbocycles. The molecule has 1 aromatic rings. The van der Waals surface area contributed by atoms with Crippen molar-refractivity contribution in [3.8, 4) is 0 Å². The summed E-state index contributed by atoms with van der Waals surface area (Å²) in [5, 5.41) is 0. The summed E-state index contributed by atoms with van der Waals surface area (Å²) in [4.78, 5) is 0. The fourth-order valence-electron chi connectivity index (χ4n) is 2.73. The molecule has 0 nitrogen and oxygen atoms in total. The van der Waals surface area contributed by atoms with Gasteiger partial charge in [-0.05, 0) is 0 Å². The molecule has 0 heterocycles. The van der Waals surface area contributed by atoms with Gasteiger partial charge in [0, 0.05) is 0 Å². The second-order valence-corrected chi connectivity index (χ2v) is 7.55. The molecule has 1 atom stereocenters. The second-order valence-electron chi connectivity index (χ2n) is 7.55. The summed E-state index contributed by atoms with van der Waals surface area (Å²) in [6.07, 6.45) is 20.2. The molecule has 2 radical (unpaired) electrons. The van der Waals surface area contributed by atoms with Gasteiger partial charge in [0.1, 0.15) is 0 Å². The van der Waals surface area contributed by atoms with Gasteiger partial charge in [-0.25, -0.2) is 34.9 Å². The third-order valence-corrected chi connectivity index (χ3v) is 4.15. The van der Waals surface area contributed by atoms with E-state index in [9.17, 15) is 0 Å². The second kappa shape index (κ2) is 17.3. The number of benzene rings is 1. The molecular weight excluding hydrogens is 456 g/mol. The van der Waals surface area contributed by atoms with Crippen molar-refractivity contribution in [2.24, 2.45) is 5.92 Å². The first-order valence-corrected chi connectivity index (χ1v) is 14.3. The first-order chi connectivity index (χ1) is 14.3. The Morgan fingerprint density at radius 2 is 1.33 bits per heavy atom. The van der Waals surface area contributed by atoms with Crippen molar-refractivity contribution < 1.29 is 23.3 Å². The molecule has 0 aromatic heterocycles. The van der Waals surface area contributed by atoms with Crippen molar-refractivity contribution in [1.29, 1.82) is 0 Å². The van der Waals surface area contributed by atoms with E-state index in [-0.39, 0.29) is 0 Å². The molecule has 4 rings (SSSR count). The molecule has 0 saturated heterocycles. The van der Waals surface area contributed by atoms with Crippen LogP contribution in [0.5, 0.6) is 0 Å². The summed E-state index contributed by atoms with van der Waals surface area (Å²) in [6, 6.07) is 9.87. The van der Waals surface area contributed by atoms with Crippen LogP contribution in [0.3, 0.4) is 0 Å². The topological polar surface area (TPSA) is 0 Å². The van der Waals surface area contributed by atoms with Gasteiger partial charge in [-0.1, -0.05) is 46.6 Å². The van der Waals surface area contributed by atoms with E-state index in [4.69, 9.17) is 0 Å². The SMILES string of the molecule is CC1=CC(C)[C-]=C1.CC1=[C-]CC(C)=C1.CC1=[C-]CC(C)=C1.[CH2-]c1ccccc1.[Si]=[Zr]. The molecule has 0 amide bonds. The van der Waals surface area contributed by atoms with Crippen LogP contribution in [0.15, 0.2) is 82.5 Å². The van der Waals surface area contributed by atoms with Gasteiger partial charge >= 0.3 is 30.2 Å². The third kappa shape index (κ3) is 15.5. The van der Waals surface area contributed by atoms with E-state index in [0.29, 0.717) is 5.92 Å². The van der Waals surface area contributed by atoms with Crippen molar-refractivity contribution in [2.75, 3.05) is 0 Å². The van der Waals surface area contributed by atoms with Gasteiger partial charge < -0.3 is 0 Å². The Morgan fingerprint density at radius 3 is 1.47 bits per heavy atom. The van der Waals surface area contributed by atoms with E-state index in [1.165, 1.54) is 51.2 Å². The minimum atomic E-state index is 0.556. The average molecular weight is 490 g/mol. The number of allylic oxidation sites excluding steroid dienone is 12. The van der Waals surface area contributed by atoms with Crippen LogP contribution in [-0.4, -0.2) is 6.88 Å². The van der Waals surface area contributed by atoms with Crippen molar-refractivity contribution in [3.63, 3.8) is 0 Å². The summed E-state index contributed by atoms with van der Waals surface area (Å²) in [5.41, 5.74) is 7.85. The van der Waals surface area contributed by atoms with Gasteiger partial charge in [-0.2, -0.15) is 41.8 Å². The first kappa shape index (κ1) is 28.6. The Kier molecular flexibility index (Phi) is 16.5. The number of hydrogen-bond donors (Lipinski definition) is 0. The third-order valence-electron chi connectivity index (χ3n) is 4.15. The summed E-state index contributed by atoms with van der Waals surface area (Å²) >= 11 is 1.36. The number of rotatable bonds is 0. The zero-order valence-corrected chi connectivity index (χ0v) is 22.9. The monoisotopic (exact) mass is 488 g/mol. The zero-order valence-electron chi connectivity index (χ0n) is 19.4. The zero-order chi connectivity index (χ0) is 22.9. The predicted octanol–water partition coefficient (Wildman–Crippen LogP) is 7.60. The Morgan fingerprint density at radius 1 is 0.867 bits per heavy atom. The van der Waals surface area contributed by atoms with Crippen LogP contribution in [0.2, 0.25) is 0 Å². The van der Waals surface area contributed by atoms with Crippen LogP contribution in [0.4, 0.5) is 0 Å². The molecule has 158 valence electrons. The van der Waals surface area contributed by atoms with E-state index >= 15 is 0 Å². The molecule has 0 spiro atoms.